The third-order valence-electron chi connectivity index (χ3n) is 4.30. The fourth-order valence-electron chi connectivity index (χ4n) is 2.67. The number of benzene rings is 2. The number of aryl methyl sites for hydroxylation is 1. The highest BCUT2D eigenvalue weighted by Gasteiger charge is 2.28. The Morgan fingerprint density at radius 3 is 2.58 bits per heavy atom. The number of hydrogen-bond acceptors (Lipinski definition) is 5. The molecule has 1 aromatic heterocycles. The standard InChI is InChI=1S/C21H19ClFN3O3S2/c1-15-7-9-17(10-8-15)31(28,29)26(13-18-19(22)5-2-6-20(18)23)14-21(27)25-24-12-16-4-3-11-30-16/h2-12H,13-14H2,1H3,(H,25,27)/b24-12-. The first-order valence-electron chi connectivity index (χ1n) is 9.12. The molecule has 3 rings (SSSR count). The Labute approximate surface area is 189 Å². The summed E-state index contributed by atoms with van der Waals surface area (Å²) in [5.74, 6) is -1.33. The summed E-state index contributed by atoms with van der Waals surface area (Å²) < 4.78 is 41.6. The third-order valence-corrected chi connectivity index (χ3v) is 7.27. The van der Waals surface area contributed by atoms with Gasteiger partial charge in [0, 0.05) is 22.0 Å². The second kappa shape index (κ2) is 10.1. The molecule has 0 unspecified atom stereocenters. The van der Waals surface area contributed by atoms with Gasteiger partial charge < -0.3 is 0 Å². The van der Waals surface area contributed by atoms with Gasteiger partial charge in [0.05, 0.1) is 17.7 Å². The Kier molecular flexibility index (Phi) is 7.55. The van der Waals surface area contributed by atoms with Crippen LogP contribution in [0.1, 0.15) is 16.0 Å². The zero-order valence-electron chi connectivity index (χ0n) is 16.5. The molecule has 0 radical (unpaired) electrons. The van der Waals surface area contributed by atoms with E-state index in [2.05, 4.69) is 10.5 Å². The van der Waals surface area contributed by atoms with Crippen LogP contribution < -0.4 is 5.43 Å². The normalized spacial score (nSPS) is 11.9. The van der Waals surface area contributed by atoms with Crippen LogP contribution in [0.5, 0.6) is 0 Å². The number of sulfonamides is 1. The maximum Gasteiger partial charge on any atom is 0.255 e. The van der Waals surface area contributed by atoms with Crippen LogP contribution in [0.2, 0.25) is 5.02 Å². The number of hydrogen-bond donors (Lipinski definition) is 1. The van der Waals surface area contributed by atoms with E-state index in [1.165, 1.54) is 47.9 Å². The summed E-state index contributed by atoms with van der Waals surface area (Å²) in [6.45, 7) is 0.846. The SMILES string of the molecule is Cc1ccc(S(=O)(=O)N(CC(=O)N/N=C\c2cccs2)Cc2c(F)cccc2Cl)cc1. The largest absolute Gasteiger partial charge is 0.272 e. The summed E-state index contributed by atoms with van der Waals surface area (Å²) in [7, 11) is -4.12. The first kappa shape index (κ1) is 23.1. The number of halogens is 2. The van der Waals surface area contributed by atoms with Crippen LogP contribution >= 0.6 is 22.9 Å². The maximum atomic E-state index is 14.3. The van der Waals surface area contributed by atoms with E-state index in [0.29, 0.717) is 0 Å². The molecule has 0 bridgehead atoms. The van der Waals surface area contributed by atoms with Gasteiger partial charge in [-0.25, -0.2) is 18.2 Å². The Morgan fingerprint density at radius 1 is 1.19 bits per heavy atom. The predicted octanol–water partition coefficient (Wildman–Crippen LogP) is 4.19. The highest BCUT2D eigenvalue weighted by atomic mass is 35.5. The van der Waals surface area contributed by atoms with Gasteiger partial charge in [0.2, 0.25) is 10.0 Å². The van der Waals surface area contributed by atoms with Gasteiger partial charge in [0.1, 0.15) is 5.82 Å². The topological polar surface area (TPSA) is 78.8 Å². The third kappa shape index (κ3) is 5.98. The smallest absolute Gasteiger partial charge is 0.255 e. The molecule has 0 aliphatic rings. The average molecular weight is 480 g/mol. The van der Waals surface area contributed by atoms with Gasteiger partial charge >= 0.3 is 0 Å². The highest BCUT2D eigenvalue weighted by molar-refractivity contribution is 7.89. The van der Waals surface area contributed by atoms with Crippen LogP contribution in [-0.4, -0.2) is 31.4 Å². The van der Waals surface area contributed by atoms with Crippen LogP contribution in [0.25, 0.3) is 0 Å². The number of nitrogens with one attached hydrogen (secondary N) is 1. The lowest BCUT2D eigenvalue weighted by atomic mass is 10.2. The molecule has 0 atom stereocenters. The number of rotatable bonds is 8. The van der Waals surface area contributed by atoms with Crippen molar-refractivity contribution in [2.45, 2.75) is 18.4 Å². The Balaban J connectivity index is 1.86. The molecule has 0 spiro atoms. The molecule has 10 heteroatoms. The molecule has 1 amide bonds. The molecule has 0 fully saturated rings. The van der Waals surface area contributed by atoms with Crippen molar-refractivity contribution in [1.29, 1.82) is 0 Å². The molecule has 1 heterocycles. The van der Waals surface area contributed by atoms with Crippen LogP contribution in [0.15, 0.2) is 70.0 Å². The summed E-state index contributed by atoms with van der Waals surface area (Å²) in [5, 5.41) is 5.77. The molecule has 6 nitrogen and oxygen atoms in total. The van der Waals surface area contributed by atoms with Crippen molar-refractivity contribution in [2.24, 2.45) is 5.10 Å². The molecule has 0 aliphatic carbocycles. The second-order valence-electron chi connectivity index (χ2n) is 6.59. The van der Waals surface area contributed by atoms with E-state index in [0.717, 1.165) is 14.7 Å². The number of amides is 1. The molecule has 0 saturated heterocycles. The van der Waals surface area contributed by atoms with Crippen molar-refractivity contribution in [2.75, 3.05) is 6.54 Å². The minimum atomic E-state index is -4.12. The lowest BCUT2D eigenvalue weighted by Gasteiger charge is -2.22. The van der Waals surface area contributed by atoms with E-state index < -0.39 is 34.8 Å². The van der Waals surface area contributed by atoms with E-state index in [1.807, 2.05) is 24.4 Å². The van der Waals surface area contributed by atoms with Gasteiger partial charge in [-0.1, -0.05) is 41.4 Å². The van der Waals surface area contributed by atoms with Gasteiger partial charge in [-0.15, -0.1) is 11.3 Å². The molecular formula is C21H19ClFN3O3S2. The van der Waals surface area contributed by atoms with Crippen molar-refractivity contribution in [3.63, 3.8) is 0 Å². The monoisotopic (exact) mass is 479 g/mol. The zero-order valence-corrected chi connectivity index (χ0v) is 18.8. The number of carbonyl (C=O) groups is 1. The summed E-state index contributed by atoms with van der Waals surface area (Å²) in [4.78, 5) is 13.2. The minimum Gasteiger partial charge on any atom is -0.272 e. The van der Waals surface area contributed by atoms with Crippen molar-refractivity contribution in [3.05, 3.63) is 86.8 Å². The zero-order chi connectivity index (χ0) is 22.4. The molecule has 1 N–H and O–H groups in total. The van der Waals surface area contributed by atoms with Crippen molar-refractivity contribution >= 4 is 45.1 Å². The quantitative estimate of drug-likeness (QED) is 0.388. The highest BCUT2D eigenvalue weighted by Crippen LogP contribution is 2.24. The predicted molar refractivity (Wildman–Crippen MR) is 120 cm³/mol. The fourth-order valence-corrected chi connectivity index (χ4v) is 4.85. The number of hydrazone groups is 1. The Morgan fingerprint density at radius 2 is 1.94 bits per heavy atom. The van der Waals surface area contributed by atoms with Crippen LogP contribution in [0.4, 0.5) is 4.39 Å². The molecule has 31 heavy (non-hydrogen) atoms. The molecule has 3 aromatic rings. The fraction of sp³-hybridized carbons (Fsp3) is 0.143. The van der Waals surface area contributed by atoms with Crippen LogP contribution in [-0.2, 0) is 21.4 Å². The van der Waals surface area contributed by atoms with Gasteiger partial charge in [-0.05, 0) is 42.6 Å². The summed E-state index contributed by atoms with van der Waals surface area (Å²) >= 11 is 7.52. The van der Waals surface area contributed by atoms with Gasteiger partial charge in [-0.3, -0.25) is 4.79 Å². The Hall–Kier alpha value is -2.59. The Bertz CT molecular complexity index is 1160. The lowest BCUT2D eigenvalue weighted by molar-refractivity contribution is -0.121. The lowest BCUT2D eigenvalue weighted by Crippen LogP contribution is -2.39. The summed E-state index contributed by atoms with van der Waals surface area (Å²) in [6.07, 6.45) is 1.45. The molecule has 0 saturated carbocycles. The van der Waals surface area contributed by atoms with Gasteiger partial charge in [0.25, 0.3) is 5.91 Å². The van der Waals surface area contributed by atoms with Gasteiger partial charge in [-0.2, -0.15) is 9.41 Å². The van der Waals surface area contributed by atoms with E-state index in [4.69, 9.17) is 11.6 Å². The summed E-state index contributed by atoms with van der Waals surface area (Å²) in [5.41, 5.74) is 3.16. The van der Waals surface area contributed by atoms with Crippen molar-refractivity contribution in [3.8, 4) is 0 Å². The minimum absolute atomic E-state index is 0.0135. The van der Waals surface area contributed by atoms with E-state index in [1.54, 1.807) is 12.1 Å². The first-order valence-corrected chi connectivity index (χ1v) is 11.8. The van der Waals surface area contributed by atoms with Crippen LogP contribution in [0, 0.1) is 12.7 Å². The summed E-state index contributed by atoms with van der Waals surface area (Å²) in [6, 6.07) is 13.9. The van der Waals surface area contributed by atoms with E-state index in [-0.39, 0.29) is 15.5 Å². The average Bonchev–Trinajstić information content (AvgIpc) is 3.24. The van der Waals surface area contributed by atoms with E-state index >= 15 is 0 Å². The van der Waals surface area contributed by atoms with Crippen LogP contribution in [0.3, 0.4) is 0 Å². The molecule has 2 aromatic carbocycles. The number of nitrogens with zero attached hydrogens (tertiary/aromatic N) is 2. The van der Waals surface area contributed by atoms with Crippen molar-refractivity contribution < 1.29 is 17.6 Å². The number of thiophene rings is 1. The maximum absolute atomic E-state index is 14.3. The molecule has 162 valence electrons. The number of carbonyl (C=O) groups excluding carboxylic acids is 1. The first-order chi connectivity index (χ1) is 14.8. The molecular weight excluding hydrogens is 461 g/mol. The molecule has 0 aliphatic heterocycles. The van der Waals surface area contributed by atoms with Crippen molar-refractivity contribution in [1.82, 2.24) is 9.73 Å². The van der Waals surface area contributed by atoms with E-state index in [9.17, 15) is 17.6 Å². The van der Waals surface area contributed by atoms with Gasteiger partial charge in [0.15, 0.2) is 0 Å². The second-order valence-corrected chi connectivity index (χ2v) is 9.92.